The highest BCUT2D eigenvalue weighted by Gasteiger charge is 2.22. The van der Waals surface area contributed by atoms with Gasteiger partial charge in [0.05, 0.1) is 13.3 Å². The fraction of sp³-hybridized carbons (Fsp3) is 0.500. The quantitative estimate of drug-likeness (QED) is 0.714. The van der Waals surface area contributed by atoms with Gasteiger partial charge < -0.3 is 15.8 Å². The Balaban J connectivity index is 2.13. The van der Waals surface area contributed by atoms with E-state index in [1.54, 1.807) is 13.3 Å². The van der Waals surface area contributed by atoms with E-state index in [1.165, 1.54) is 12.8 Å². The lowest BCUT2D eigenvalue weighted by Gasteiger charge is -2.05. The second-order valence-electron chi connectivity index (χ2n) is 3.07. The molecule has 1 heterocycles. The van der Waals surface area contributed by atoms with E-state index >= 15 is 0 Å². The minimum Gasteiger partial charge on any atom is -0.491 e. The molecule has 1 aliphatic carbocycles. The lowest BCUT2D eigenvalue weighted by atomic mass is 10.5. The predicted molar refractivity (Wildman–Crippen MR) is 49.6 cm³/mol. The van der Waals surface area contributed by atoms with E-state index in [0.29, 0.717) is 23.6 Å². The maximum atomic E-state index is 5.61. The Morgan fingerprint density at radius 2 is 2.38 bits per heavy atom. The maximum absolute atomic E-state index is 5.61. The summed E-state index contributed by atoms with van der Waals surface area (Å²) in [6.45, 7) is 0. The molecule has 1 aliphatic rings. The van der Waals surface area contributed by atoms with E-state index in [2.05, 4.69) is 15.3 Å². The Labute approximate surface area is 76.3 Å². The third-order valence-electron chi connectivity index (χ3n) is 1.91. The van der Waals surface area contributed by atoms with Crippen LogP contribution in [0.4, 0.5) is 11.8 Å². The van der Waals surface area contributed by atoms with Crippen molar-refractivity contribution in [2.45, 2.75) is 18.9 Å². The molecule has 0 aromatic carbocycles. The van der Waals surface area contributed by atoms with Crippen LogP contribution >= 0.6 is 0 Å². The first kappa shape index (κ1) is 8.10. The summed E-state index contributed by atoms with van der Waals surface area (Å²) < 4.78 is 4.94. The molecule has 0 atom stereocenters. The highest BCUT2D eigenvalue weighted by molar-refractivity contribution is 5.48. The van der Waals surface area contributed by atoms with Crippen LogP contribution in [0.3, 0.4) is 0 Å². The SMILES string of the molecule is COc1cnc(NC2CC2)nc1N. The molecule has 0 spiro atoms. The van der Waals surface area contributed by atoms with Gasteiger partial charge in [-0.25, -0.2) is 4.98 Å². The topological polar surface area (TPSA) is 73.1 Å². The number of nitrogen functional groups attached to an aromatic ring is 1. The van der Waals surface area contributed by atoms with Crippen molar-refractivity contribution >= 4 is 11.8 Å². The molecule has 1 fully saturated rings. The van der Waals surface area contributed by atoms with Crippen LogP contribution in [-0.2, 0) is 0 Å². The van der Waals surface area contributed by atoms with E-state index in [0.717, 1.165) is 0 Å². The molecule has 5 heteroatoms. The van der Waals surface area contributed by atoms with Crippen molar-refractivity contribution in [1.82, 2.24) is 9.97 Å². The summed E-state index contributed by atoms with van der Waals surface area (Å²) in [4.78, 5) is 8.12. The molecular formula is C8H12N4O. The van der Waals surface area contributed by atoms with Crippen molar-refractivity contribution in [2.24, 2.45) is 0 Å². The molecule has 1 aromatic rings. The smallest absolute Gasteiger partial charge is 0.225 e. The number of rotatable bonds is 3. The van der Waals surface area contributed by atoms with E-state index in [4.69, 9.17) is 10.5 Å². The van der Waals surface area contributed by atoms with Gasteiger partial charge in [-0.1, -0.05) is 0 Å². The number of nitrogens with two attached hydrogens (primary N) is 1. The van der Waals surface area contributed by atoms with Gasteiger partial charge >= 0.3 is 0 Å². The van der Waals surface area contributed by atoms with E-state index in [-0.39, 0.29) is 0 Å². The average molecular weight is 180 g/mol. The van der Waals surface area contributed by atoms with Crippen molar-refractivity contribution in [1.29, 1.82) is 0 Å². The van der Waals surface area contributed by atoms with Crippen LogP contribution in [0.25, 0.3) is 0 Å². The Morgan fingerprint density at radius 3 is 2.92 bits per heavy atom. The molecule has 70 valence electrons. The molecule has 0 radical (unpaired) electrons. The fourth-order valence-electron chi connectivity index (χ4n) is 1.02. The maximum Gasteiger partial charge on any atom is 0.225 e. The Bertz CT molecular complexity index is 311. The Hall–Kier alpha value is -1.52. The minimum atomic E-state index is 0.376. The summed E-state index contributed by atoms with van der Waals surface area (Å²) >= 11 is 0. The number of nitrogens with one attached hydrogen (secondary N) is 1. The highest BCUT2D eigenvalue weighted by atomic mass is 16.5. The fourth-order valence-corrected chi connectivity index (χ4v) is 1.02. The van der Waals surface area contributed by atoms with Gasteiger partial charge in [0.15, 0.2) is 11.6 Å². The highest BCUT2D eigenvalue weighted by Crippen LogP contribution is 2.24. The van der Waals surface area contributed by atoms with Crippen LogP contribution in [0.2, 0.25) is 0 Å². The first-order valence-corrected chi connectivity index (χ1v) is 4.22. The summed E-state index contributed by atoms with van der Waals surface area (Å²) in [6.07, 6.45) is 3.96. The van der Waals surface area contributed by atoms with Crippen molar-refractivity contribution < 1.29 is 4.74 Å². The van der Waals surface area contributed by atoms with Gasteiger partial charge in [-0.3, -0.25) is 0 Å². The molecule has 0 unspecified atom stereocenters. The third kappa shape index (κ3) is 1.80. The molecule has 0 bridgehead atoms. The van der Waals surface area contributed by atoms with Crippen LogP contribution in [0.1, 0.15) is 12.8 Å². The monoisotopic (exact) mass is 180 g/mol. The number of hydrogen-bond acceptors (Lipinski definition) is 5. The average Bonchev–Trinajstić information content (AvgIpc) is 2.89. The van der Waals surface area contributed by atoms with Crippen LogP contribution in [0.15, 0.2) is 6.20 Å². The van der Waals surface area contributed by atoms with Gasteiger partial charge in [0, 0.05) is 6.04 Å². The molecule has 0 saturated heterocycles. The molecule has 0 amide bonds. The van der Waals surface area contributed by atoms with E-state index in [1.807, 2.05) is 0 Å². The van der Waals surface area contributed by atoms with Gasteiger partial charge in [-0.2, -0.15) is 4.98 Å². The number of hydrogen-bond donors (Lipinski definition) is 2. The van der Waals surface area contributed by atoms with Crippen molar-refractivity contribution in [2.75, 3.05) is 18.2 Å². The summed E-state index contributed by atoms with van der Waals surface area (Å²) in [7, 11) is 1.54. The van der Waals surface area contributed by atoms with Gasteiger partial charge in [0.2, 0.25) is 5.95 Å². The number of methoxy groups -OCH3 is 1. The zero-order valence-corrected chi connectivity index (χ0v) is 7.45. The lowest BCUT2D eigenvalue weighted by molar-refractivity contribution is 0.413. The van der Waals surface area contributed by atoms with E-state index < -0.39 is 0 Å². The summed E-state index contributed by atoms with van der Waals surface area (Å²) in [5.74, 6) is 1.47. The van der Waals surface area contributed by atoms with Gasteiger partial charge in [-0.05, 0) is 12.8 Å². The largest absolute Gasteiger partial charge is 0.491 e. The first-order chi connectivity index (χ1) is 6.29. The van der Waals surface area contributed by atoms with Crippen LogP contribution in [0.5, 0.6) is 5.75 Å². The molecule has 3 N–H and O–H groups in total. The molecule has 5 nitrogen and oxygen atoms in total. The van der Waals surface area contributed by atoms with Gasteiger partial charge in [0.25, 0.3) is 0 Å². The lowest BCUT2D eigenvalue weighted by Crippen LogP contribution is -2.07. The molecule has 1 aromatic heterocycles. The second kappa shape index (κ2) is 3.08. The molecule has 1 saturated carbocycles. The number of ether oxygens (including phenoxy) is 1. The zero-order chi connectivity index (χ0) is 9.26. The molecule has 13 heavy (non-hydrogen) atoms. The minimum absolute atomic E-state index is 0.376. The second-order valence-corrected chi connectivity index (χ2v) is 3.07. The van der Waals surface area contributed by atoms with Crippen LogP contribution < -0.4 is 15.8 Å². The normalized spacial score (nSPS) is 15.5. The standard InChI is InChI=1S/C8H12N4O/c1-13-6-4-10-8(12-7(6)9)11-5-2-3-5/h4-5H,2-3H2,1H3,(H3,9,10,11,12). The third-order valence-corrected chi connectivity index (χ3v) is 1.91. The van der Waals surface area contributed by atoms with Gasteiger partial charge in [-0.15, -0.1) is 0 Å². The predicted octanol–water partition coefficient (Wildman–Crippen LogP) is 0.642. The Morgan fingerprint density at radius 1 is 1.62 bits per heavy atom. The van der Waals surface area contributed by atoms with Crippen molar-refractivity contribution in [3.8, 4) is 5.75 Å². The summed E-state index contributed by atoms with van der Waals surface area (Å²) in [6, 6.07) is 0.535. The van der Waals surface area contributed by atoms with E-state index in [9.17, 15) is 0 Å². The molecular weight excluding hydrogens is 168 g/mol. The molecule has 0 aliphatic heterocycles. The number of anilines is 2. The zero-order valence-electron chi connectivity index (χ0n) is 7.45. The number of aromatic nitrogens is 2. The van der Waals surface area contributed by atoms with Crippen molar-refractivity contribution in [3.63, 3.8) is 0 Å². The van der Waals surface area contributed by atoms with Crippen molar-refractivity contribution in [3.05, 3.63) is 6.20 Å². The molecule has 2 rings (SSSR count). The first-order valence-electron chi connectivity index (χ1n) is 4.22. The Kier molecular flexibility index (Phi) is 1.92. The van der Waals surface area contributed by atoms with Crippen LogP contribution in [-0.4, -0.2) is 23.1 Å². The summed E-state index contributed by atoms with van der Waals surface area (Å²) in [5.41, 5.74) is 5.61. The van der Waals surface area contributed by atoms with Gasteiger partial charge in [0.1, 0.15) is 0 Å². The van der Waals surface area contributed by atoms with Crippen LogP contribution in [0, 0.1) is 0 Å². The number of nitrogens with zero attached hydrogens (tertiary/aromatic N) is 2. The summed E-state index contributed by atoms with van der Waals surface area (Å²) in [5, 5.41) is 3.15.